The fraction of sp³-hybridized carbons (Fsp3) is 0.200. The molecule has 0 saturated carbocycles. The van der Waals surface area contributed by atoms with Crippen LogP contribution in [0.15, 0.2) is 12.4 Å². The van der Waals surface area contributed by atoms with Crippen molar-refractivity contribution < 1.29 is 0 Å². The first-order valence-electron chi connectivity index (χ1n) is 2.80. The molecule has 0 aliphatic carbocycles. The molecular weight excluding hydrogens is 243 g/mol. The van der Waals surface area contributed by atoms with E-state index in [0.29, 0.717) is 0 Å². The molecule has 0 aliphatic heterocycles. The Hall–Kier alpha value is -0.590. The number of aryl methyl sites for hydroxylation is 1. The highest BCUT2D eigenvalue weighted by Gasteiger charge is 2.02. The maximum atomic E-state index is 3.95. The first-order valence-corrected chi connectivity index (χ1v) is 3.88. The Morgan fingerprint density at radius 1 is 1.40 bits per heavy atom. The molecule has 4 nitrogen and oxygen atoms in total. The summed E-state index contributed by atoms with van der Waals surface area (Å²) in [5.41, 5.74) is 0. The second-order valence-electron chi connectivity index (χ2n) is 2.05. The molecule has 2 heterocycles. The monoisotopic (exact) mass is 248 g/mol. The van der Waals surface area contributed by atoms with Crippen molar-refractivity contribution in [3.05, 3.63) is 16.2 Å². The second kappa shape index (κ2) is 1.94. The van der Waals surface area contributed by atoms with Crippen LogP contribution < -0.4 is 0 Å². The number of nitrogens with zero attached hydrogens (tertiary/aromatic N) is 4. The van der Waals surface area contributed by atoms with Crippen molar-refractivity contribution in [3.63, 3.8) is 0 Å². The Labute approximate surface area is 71.0 Å². The van der Waals surface area contributed by atoms with E-state index in [2.05, 4.69) is 32.8 Å². The van der Waals surface area contributed by atoms with Gasteiger partial charge in [0.15, 0.2) is 3.83 Å². The molecule has 2 rings (SSSR count). The molecule has 0 bridgehead atoms. The van der Waals surface area contributed by atoms with Crippen molar-refractivity contribution in [2.45, 2.75) is 0 Å². The van der Waals surface area contributed by atoms with Crippen molar-refractivity contribution in [1.82, 2.24) is 19.2 Å². The molecule has 10 heavy (non-hydrogen) atoms. The zero-order chi connectivity index (χ0) is 7.14. The summed E-state index contributed by atoms with van der Waals surface area (Å²) < 4.78 is 4.75. The molecule has 2 aromatic rings. The van der Waals surface area contributed by atoms with Crippen LogP contribution in [-0.2, 0) is 7.05 Å². The van der Waals surface area contributed by atoms with Gasteiger partial charge in [0, 0.05) is 42.0 Å². The molecule has 0 N–H and O–H groups in total. The number of aromatic nitrogens is 4. The van der Waals surface area contributed by atoms with Crippen LogP contribution in [0.5, 0.6) is 0 Å². The zero-order valence-corrected chi connectivity index (χ0v) is 7.48. The van der Waals surface area contributed by atoms with Gasteiger partial charge in [-0.2, -0.15) is 0 Å². The first-order chi connectivity index (χ1) is 4.79. The number of fused-ring (bicyclic) bond motifs is 1. The van der Waals surface area contributed by atoms with Crippen LogP contribution in [0.4, 0.5) is 0 Å². The molecule has 0 radical (unpaired) electrons. The molecule has 0 unspecified atom stereocenters. The molecule has 0 amide bonds. The largest absolute Gasteiger partial charge is 0.319 e. The summed E-state index contributed by atoms with van der Waals surface area (Å²) in [6.07, 6.45) is 3.89. The van der Waals surface area contributed by atoms with Gasteiger partial charge >= 0.3 is 0 Å². The van der Waals surface area contributed by atoms with Crippen LogP contribution in [0.2, 0.25) is 0 Å². The standard InChI is InChI=1S/C5H5IN4/c1-9-2-3-10-4(6)7-8-5(9)10/h2-3H,1H3. The lowest BCUT2D eigenvalue weighted by Crippen LogP contribution is -1.86. The average molecular weight is 248 g/mol. The van der Waals surface area contributed by atoms with Gasteiger partial charge in [-0.05, 0) is 0 Å². The van der Waals surface area contributed by atoms with Gasteiger partial charge in [-0.15, -0.1) is 10.2 Å². The Kier molecular flexibility index (Phi) is 1.19. The summed E-state index contributed by atoms with van der Waals surface area (Å²) in [7, 11) is 1.94. The Morgan fingerprint density at radius 3 is 2.90 bits per heavy atom. The topological polar surface area (TPSA) is 35.1 Å². The van der Waals surface area contributed by atoms with Gasteiger partial charge in [0.25, 0.3) is 0 Å². The highest BCUT2D eigenvalue weighted by molar-refractivity contribution is 14.1. The normalized spacial score (nSPS) is 11.0. The predicted octanol–water partition coefficient (Wildman–Crippen LogP) is 0.672. The van der Waals surface area contributed by atoms with Crippen LogP contribution in [-0.4, -0.2) is 19.2 Å². The highest BCUT2D eigenvalue weighted by atomic mass is 127. The van der Waals surface area contributed by atoms with Crippen LogP contribution >= 0.6 is 22.6 Å². The number of imidazole rings is 1. The fourth-order valence-corrected chi connectivity index (χ4v) is 1.35. The minimum atomic E-state index is 0.879. The number of halogens is 1. The molecule has 0 atom stereocenters. The third-order valence-electron chi connectivity index (χ3n) is 1.39. The number of rotatable bonds is 0. The van der Waals surface area contributed by atoms with Gasteiger partial charge in [0.1, 0.15) is 0 Å². The molecule has 0 saturated heterocycles. The van der Waals surface area contributed by atoms with Crippen molar-refractivity contribution in [2.24, 2.45) is 7.05 Å². The van der Waals surface area contributed by atoms with E-state index in [1.807, 2.05) is 28.4 Å². The molecule has 0 aromatic carbocycles. The fourth-order valence-electron chi connectivity index (χ4n) is 0.867. The molecule has 52 valence electrons. The lowest BCUT2D eigenvalue weighted by molar-refractivity contribution is 0.923. The summed E-state index contributed by atoms with van der Waals surface area (Å²) in [5.74, 6) is 0.879. The van der Waals surface area contributed by atoms with Crippen molar-refractivity contribution >= 4 is 28.4 Å². The van der Waals surface area contributed by atoms with E-state index in [9.17, 15) is 0 Å². The van der Waals surface area contributed by atoms with E-state index in [1.54, 1.807) is 0 Å². The Bertz CT molecular complexity index is 324. The SMILES string of the molecule is Cn1ccn2c(I)nnc12. The van der Waals surface area contributed by atoms with Crippen molar-refractivity contribution in [3.8, 4) is 0 Å². The van der Waals surface area contributed by atoms with E-state index < -0.39 is 0 Å². The van der Waals surface area contributed by atoms with Gasteiger partial charge < -0.3 is 4.57 Å². The van der Waals surface area contributed by atoms with Crippen LogP contribution in [0, 0.1) is 3.83 Å². The van der Waals surface area contributed by atoms with Crippen LogP contribution in [0.25, 0.3) is 5.78 Å². The maximum absolute atomic E-state index is 3.95. The average Bonchev–Trinajstić information content (AvgIpc) is 2.41. The third kappa shape index (κ3) is 0.664. The van der Waals surface area contributed by atoms with Gasteiger partial charge in [0.05, 0.1) is 0 Å². The zero-order valence-electron chi connectivity index (χ0n) is 5.32. The maximum Gasteiger partial charge on any atom is 0.235 e. The van der Waals surface area contributed by atoms with Crippen molar-refractivity contribution in [1.29, 1.82) is 0 Å². The number of hydrogen-bond acceptors (Lipinski definition) is 2. The molecule has 0 fully saturated rings. The summed E-state index contributed by atoms with van der Waals surface area (Å²) in [6, 6.07) is 0. The molecule has 0 spiro atoms. The van der Waals surface area contributed by atoms with E-state index in [-0.39, 0.29) is 0 Å². The number of hydrogen-bond donors (Lipinski definition) is 0. The molecular formula is C5H5IN4. The molecule has 5 heteroatoms. The van der Waals surface area contributed by atoms with E-state index in [1.165, 1.54) is 0 Å². The van der Waals surface area contributed by atoms with Crippen LogP contribution in [0.1, 0.15) is 0 Å². The quantitative estimate of drug-likeness (QED) is 0.642. The lowest BCUT2D eigenvalue weighted by atomic mass is 10.9. The van der Waals surface area contributed by atoms with Crippen molar-refractivity contribution in [2.75, 3.05) is 0 Å². The smallest absolute Gasteiger partial charge is 0.235 e. The first kappa shape index (κ1) is 6.14. The minimum absolute atomic E-state index is 0.879. The minimum Gasteiger partial charge on any atom is -0.319 e. The Morgan fingerprint density at radius 2 is 2.20 bits per heavy atom. The van der Waals surface area contributed by atoms with Gasteiger partial charge in [-0.3, -0.25) is 4.40 Å². The molecule has 2 aromatic heterocycles. The van der Waals surface area contributed by atoms with E-state index >= 15 is 0 Å². The second-order valence-corrected chi connectivity index (χ2v) is 3.01. The summed E-state index contributed by atoms with van der Waals surface area (Å²) >= 11 is 2.14. The van der Waals surface area contributed by atoms with Gasteiger partial charge in [0.2, 0.25) is 5.78 Å². The predicted molar refractivity (Wildman–Crippen MR) is 44.7 cm³/mol. The molecule has 0 aliphatic rings. The summed E-state index contributed by atoms with van der Waals surface area (Å²) in [5, 5.41) is 7.84. The van der Waals surface area contributed by atoms with Crippen LogP contribution in [0.3, 0.4) is 0 Å². The third-order valence-corrected chi connectivity index (χ3v) is 2.13. The van der Waals surface area contributed by atoms with E-state index in [4.69, 9.17) is 0 Å². The van der Waals surface area contributed by atoms with Gasteiger partial charge in [-0.1, -0.05) is 0 Å². The lowest BCUT2D eigenvalue weighted by Gasteiger charge is -1.84. The Balaban J connectivity index is 2.95. The summed E-state index contributed by atoms with van der Waals surface area (Å²) in [4.78, 5) is 0. The summed E-state index contributed by atoms with van der Waals surface area (Å²) in [6.45, 7) is 0. The van der Waals surface area contributed by atoms with E-state index in [0.717, 1.165) is 9.61 Å². The van der Waals surface area contributed by atoms with Gasteiger partial charge in [-0.25, -0.2) is 0 Å². The highest BCUT2D eigenvalue weighted by Crippen LogP contribution is 2.04.